The Hall–Kier alpha value is -2.38. The second-order valence-corrected chi connectivity index (χ2v) is 10.3. The fourth-order valence-corrected chi connectivity index (χ4v) is 4.42. The van der Waals surface area contributed by atoms with E-state index in [-0.39, 0.29) is 16.8 Å². The standard InChI is InChI=1S/C23H32N2O4S/c1-17(2)25(5)30(27,28)20-13-11-18(12-14-20)16-24-22(26)23(3,4)15-19-9-7-8-10-21(19)29-6/h7-14,17H,15-16H2,1-6H3,(H,24,26). The molecule has 0 fully saturated rings. The maximum absolute atomic E-state index is 12.8. The van der Waals surface area contributed by atoms with E-state index >= 15 is 0 Å². The Morgan fingerprint density at radius 3 is 2.27 bits per heavy atom. The van der Waals surface area contributed by atoms with Crippen molar-refractivity contribution in [2.45, 2.75) is 51.6 Å². The molecule has 0 atom stereocenters. The molecule has 30 heavy (non-hydrogen) atoms. The van der Waals surface area contributed by atoms with Crippen LogP contribution in [0.15, 0.2) is 53.4 Å². The maximum atomic E-state index is 12.8. The Kier molecular flexibility index (Phi) is 7.66. The van der Waals surface area contributed by atoms with Crippen molar-refractivity contribution in [3.63, 3.8) is 0 Å². The van der Waals surface area contributed by atoms with Crippen molar-refractivity contribution in [2.75, 3.05) is 14.2 Å². The Bertz CT molecular complexity index is 967. The molecule has 164 valence electrons. The van der Waals surface area contributed by atoms with E-state index in [1.54, 1.807) is 38.4 Å². The third-order valence-corrected chi connectivity index (χ3v) is 7.27. The van der Waals surface area contributed by atoms with E-state index in [1.165, 1.54) is 4.31 Å². The van der Waals surface area contributed by atoms with Gasteiger partial charge >= 0.3 is 0 Å². The molecule has 0 saturated heterocycles. The Morgan fingerprint density at radius 2 is 1.70 bits per heavy atom. The van der Waals surface area contributed by atoms with Gasteiger partial charge in [0.1, 0.15) is 5.75 Å². The lowest BCUT2D eigenvalue weighted by atomic mass is 9.84. The second kappa shape index (κ2) is 9.62. The summed E-state index contributed by atoms with van der Waals surface area (Å²) in [5.74, 6) is 0.686. The number of carbonyl (C=O) groups is 1. The van der Waals surface area contributed by atoms with E-state index < -0.39 is 15.4 Å². The van der Waals surface area contributed by atoms with Crippen LogP contribution < -0.4 is 10.1 Å². The van der Waals surface area contributed by atoms with Gasteiger partial charge in [-0.3, -0.25) is 4.79 Å². The highest BCUT2D eigenvalue weighted by Crippen LogP contribution is 2.28. The van der Waals surface area contributed by atoms with Gasteiger partial charge in [-0.05, 0) is 49.6 Å². The van der Waals surface area contributed by atoms with Crippen molar-refractivity contribution in [1.82, 2.24) is 9.62 Å². The number of para-hydroxylation sites is 1. The molecule has 0 radical (unpaired) electrons. The van der Waals surface area contributed by atoms with Crippen LogP contribution in [-0.2, 0) is 27.8 Å². The number of benzene rings is 2. The van der Waals surface area contributed by atoms with Crippen LogP contribution in [0.25, 0.3) is 0 Å². The molecule has 0 bridgehead atoms. The average Bonchev–Trinajstić information content (AvgIpc) is 2.71. The number of sulfonamides is 1. The van der Waals surface area contributed by atoms with Gasteiger partial charge in [-0.2, -0.15) is 4.31 Å². The molecule has 0 aliphatic carbocycles. The first-order valence-corrected chi connectivity index (χ1v) is 11.4. The molecule has 2 aromatic rings. The molecule has 2 rings (SSSR count). The predicted octanol–water partition coefficient (Wildman–Crippen LogP) is 3.61. The molecule has 7 heteroatoms. The molecule has 0 saturated carbocycles. The van der Waals surface area contributed by atoms with Gasteiger partial charge < -0.3 is 10.1 Å². The molecular formula is C23H32N2O4S. The summed E-state index contributed by atoms with van der Waals surface area (Å²) in [6.07, 6.45) is 0.543. The number of rotatable bonds is 9. The Labute approximate surface area is 180 Å². The fraction of sp³-hybridized carbons (Fsp3) is 0.435. The highest BCUT2D eigenvalue weighted by molar-refractivity contribution is 7.89. The third kappa shape index (κ3) is 5.61. The summed E-state index contributed by atoms with van der Waals surface area (Å²) >= 11 is 0. The van der Waals surface area contributed by atoms with Crippen molar-refractivity contribution >= 4 is 15.9 Å². The predicted molar refractivity (Wildman–Crippen MR) is 119 cm³/mol. The molecule has 1 amide bonds. The quantitative estimate of drug-likeness (QED) is 0.657. The number of nitrogens with zero attached hydrogens (tertiary/aromatic N) is 1. The molecule has 0 heterocycles. The minimum Gasteiger partial charge on any atom is -0.496 e. The first kappa shape index (κ1) is 23.9. The van der Waals surface area contributed by atoms with E-state index in [0.29, 0.717) is 13.0 Å². The first-order valence-electron chi connectivity index (χ1n) is 9.96. The van der Waals surface area contributed by atoms with E-state index in [1.807, 2.05) is 52.0 Å². The molecule has 0 aliphatic rings. The van der Waals surface area contributed by atoms with Crippen molar-refractivity contribution in [3.8, 4) is 5.75 Å². The van der Waals surface area contributed by atoms with Crippen LogP contribution in [0.5, 0.6) is 5.75 Å². The molecule has 1 N–H and O–H groups in total. The van der Waals surface area contributed by atoms with Crippen LogP contribution in [0.4, 0.5) is 0 Å². The van der Waals surface area contributed by atoms with E-state index in [4.69, 9.17) is 4.74 Å². The lowest BCUT2D eigenvalue weighted by Gasteiger charge is -2.25. The topological polar surface area (TPSA) is 75.7 Å². The first-order chi connectivity index (χ1) is 14.0. The number of amides is 1. The van der Waals surface area contributed by atoms with Crippen LogP contribution in [0.3, 0.4) is 0 Å². The van der Waals surface area contributed by atoms with Crippen LogP contribution in [-0.4, -0.2) is 38.8 Å². The second-order valence-electron chi connectivity index (χ2n) is 8.31. The van der Waals surface area contributed by atoms with Crippen LogP contribution in [0.2, 0.25) is 0 Å². The number of nitrogens with one attached hydrogen (secondary N) is 1. The minimum absolute atomic E-state index is 0.0790. The van der Waals surface area contributed by atoms with Crippen molar-refractivity contribution in [3.05, 3.63) is 59.7 Å². The van der Waals surface area contributed by atoms with E-state index in [2.05, 4.69) is 5.32 Å². The van der Waals surface area contributed by atoms with Gasteiger partial charge in [-0.25, -0.2) is 8.42 Å². The van der Waals surface area contributed by atoms with E-state index in [9.17, 15) is 13.2 Å². The van der Waals surface area contributed by atoms with Crippen molar-refractivity contribution < 1.29 is 17.9 Å². The molecular weight excluding hydrogens is 400 g/mol. The highest BCUT2D eigenvalue weighted by Gasteiger charge is 2.29. The Morgan fingerprint density at radius 1 is 1.10 bits per heavy atom. The summed E-state index contributed by atoms with van der Waals surface area (Å²) in [6, 6.07) is 14.2. The zero-order chi connectivity index (χ0) is 22.5. The summed E-state index contributed by atoms with van der Waals surface area (Å²) in [4.78, 5) is 13.0. The number of hydrogen-bond donors (Lipinski definition) is 1. The van der Waals surface area contributed by atoms with Crippen molar-refractivity contribution in [1.29, 1.82) is 0 Å². The zero-order valence-corrected chi connectivity index (χ0v) is 19.4. The van der Waals surface area contributed by atoms with Gasteiger partial charge in [0.25, 0.3) is 0 Å². The van der Waals surface area contributed by atoms with Crippen LogP contribution in [0, 0.1) is 5.41 Å². The SMILES string of the molecule is COc1ccccc1CC(C)(C)C(=O)NCc1ccc(S(=O)(=O)N(C)C(C)C)cc1. The van der Waals surface area contributed by atoms with Gasteiger partial charge in [-0.1, -0.05) is 44.2 Å². The molecule has 0 aliphatic heterocycles. The lowest BCUT2D eigenvalue weighted by molar-refractivity contribution is -0.129. The fourth-order valence-electron chi connectivity index (χ4n) is 3.05. The normalized spacial score (nSPS) is 12.3. The summed E-state index contributed by atoms with van der Waals surface area (Å²) in [5, 5.41) is 2.96. The van der Waals surface area contributed by atoms with Gasteiger partial charge in [0.2, 0.25) is 15.9 Å². The van der Waals surface area contributed by atoms with Crippen LogP contribution in [0.1, 0.15) is 38.8 Å². The molecule has 6 nitrogen and oxygen atoms in total. The molecule has 0 aromatic heterocycles. The summed E-state index contributed by atoms with van der Waals surface area (Å²) in [6.45, 7) is 7.77. The summed E-state index contributed by atoms with van der Waals surface area (Å²) in [7, 11) is -0.329. The highest BCUT2D eigenvalue weighted by atomic mass is 32.2. The van der Waals surface area contributed by atoms with Gasteiger partial charge in [0.05, 0.1) is 12.0 Å². The number of hydrogen-bond acceptors (Lipinski definition) is 4. The average molecular weight is 433 g/mol. The summed E-state index contributed by atoms with van der Waals surface area (Å²) < 4.78 is 31.8. The minimum atomic E-state index is -3.52. The molecule has 0 unspecified atom stereocenters. The maximum Gasteiger partial charge on any atom is 0.243 e. The Balaban J connectivity index is 2.03. The smallest absolute Gasteiger partial charge is 0.243 e. The largest absolute Gasteiger partial charge is 0.496 e. The number of ether oxygens (including phenoxy) is 1. The molecule has 2 aromatic carbocycles. The van der Waals surface area contributed by atoms with Gasteiger partial charge in [0.15, 0.2) is 0 Å². The number of carbonyl (C=O) groups excluding carboxylic acids is 1. The van der Waals surface area contributed by atoms with Crippen molar-refractivity contribution in [2.24, 2.45) is 5.41 Å². The third-order valence-electron chi connectivity index (χ3n) is 5.22. The monoisotopic (exact) mass is 432 g/mol. The van der Waals surface area contributed by atoms with E-state index in [0.717, 1.165) is 16.9 Å². The molecule has 0 spiro atoms. The van der Waals surface area contributed by atoms with Gasteiger partial charge in [-0.15, -0.1) is 0 Å². The number of methoxy groups -OCH3 is 1. The lowest BCUT2D eigenvalue weighted by Crippen LogP contribution is -2.38. The van der Waals surface area contributed by atoms with Crippen LogP contribution >= 0.6 is 0 Å². The van der Waals surface area contributed by atoms with Gasteiger partial charge in [0, 0.05) is 25.0 Å². The zero-order valence-electron chi connectivity index (χ0n) is 18.6. The summed E-state index contributed by atoms with van der Waals surface area (Å²) in [5.41, 5.74) is 1.18.